The maximum absolute atomic E-state index is 13.3. The molecule has 2 aromatic rings. The van der Waals surface area contributed by atoms with Crippen LogP contribution in [0.25, 0.3) is 0 Å². The van der Waals surface area contributed by atoms with Crippen LogP contribution in [0.5, 0.6) is 0 Å². The topological polar surface area (TPSA) is 81.8 Å². The van der Waals surface area contributed by atoms with Gasteiger partial charge in [-0.3, -0.25) is 14.5 Å². The summed E-state index contributed by atoms with van der Waals surface area (Å²) in [5.74, 6) is -1.02. The lowest BCUT2D eigenvalue weighted by molar-refractivity contribution is -0.138. The molecule has 31 heavy (non-hydrogen) atoms. The van der Waals surface area contributed by atoms with Crippen LogP contribution in [0.15, 0.2) is 48.5 Å². The Morgan fingerprint density at radius 3 is 2.71 bits per heavy atom. The zero-order valence-corrected chi connectivity index (χ0v) is 17.3. The lowest BCUT2D eigenvalue weighted by Crippen LogP contribution is -2.70. The number of aryl methyl sites for hydroxylation is 1. The molecule has 0 aromatic heterocycles. The molecule has 0 saturated carbocycles. The standard InChI is InChI=1S/C23H25FN4O3/c1-15-4-2-5-18(12-15)26-20(29)14-27-19-6-3-11-25-21(19)22(30)28(23(27)31)13-16-7-9-17(24)10-8-16/h2,4-5,7-10,12,19,21,25H,3,6,11,13-14H2,1H3,(H,26,29). The molecule has 2 aromatic carbocycles. The first-order chi connectivity index (χ1) is 14.9. The van der Waals surface area contributed by atoms with E-state index in [0.29, 0.717) is 24.2 Å². The van der Waals surface area contributed by atoms with Crippen LogP contribution in [0, 0.1) is 12.7 Å². The van der Waals surface area contributed by atoms with Crippen LogP contribution in [-0.2, 0) is 16.1 Å². The van der Waals surface area contributed by atoms with Crippen molar-refractivity contribution in [2.24, 2.45) is 0 Å². The molecule has 4 rings (SSSR count). The molecular formula is C23H25FN4O3. The highest BCUT2D eigenvalue weighted by Gasteiger charge is 2.47. The average Bonchev–Trinajstić information content (AvgIpc) is 2.75. The number of nitrogens with zero attached hydrogens (tertiary/aromatic N) is 2. The van der Waals surface area contributed by atoms with Crippen molar-refractivity contribution in [3.63, 3.8) is 0 Å². The van der Waals surface area contributed by atoms with Crippen LogP contribution in [0.4, 0.5) is 14.9 Å². The number of nitrogens with one attached hydrogen (secondary N) is 2. The molecule has 8 heteroatoms. The quantitative estimate of drug-likeness (QED) is 0.773. The Kier molecular flexibility index (Phi) is 5.99. The summed E-state index contributed by atoms with van der Waals surface area (Å²) in [5.41, 5.74) is 2.31. The third kappa shape index (κ3) is 4.59. The minimum absolute atomic E-state index is 0.0266. The third-order valence-electron chi connectivity index (χ3n) is 5.70. The van der Waals surface area contributed by atoms with E-state index in [4.69, 9.17) is 0 Å². The van der Waals surface area contributed by atoms with Gasteiger partial charge in [0, 0.05) is 5.69 Å². The lowest BCUT2D eigenvalue weighted by Gasteiger charge is -2.46. The number of imide groups is 1. The molecule has 162 valence electrons. The maximum Gasteiger partial charge on any atom is 0.327 e. The fourth-order valence-electron chi connectivity index (χ4n) is 4.20. The summed E-state index contributed by atoms with van der Waals surface area (Å²) in [6.07, 6.45) is 1.47. The van der Waals surface area contributed by atoms with E-state index < -0.39 is 12.1 Å². The Bertz CT molecular complexity index is 995. The summed E-state index contributed by atoms with van der Waals surface area (Å²) in [5, 5.41) is 6.03. The first-order valence-corrected chi connectivity index (χ1v) is 10.4. The predicted molar refractivity (Wildman–Crippen MR) is 114 cm³/mol. The molecule has 2 N–H and O–H groups in total. The van der Waals surface area contributed by atoms with Crippen molar-refractivity contribution in [3.05, 3.63) is 65.5 Å². The number of piperidine rings is 1. The predicted octanol–water partition coefficient (Wildman–Crippen LogP) is 2.66. The van der Waals surface area contributed by atoms with E-state index in [9.17, 15) is 18.8 Å². The second kappa shape index (κ2) is 8.85. The number of urea groups is 1. The van der Waals surface area contributed by atoms with Crippen LogP contribution >= 0.6 is 0 Å². The largest absolute Gasteiger partial charge is 0.327 e. The van der Waals surface area contributed by atoms with Gasteiger partial charge >= 0.3 is 6.03 Å². The molecule has 2 saturated heterocycles. The fourth-order valence-corrected chi connectivity index (χ4v) is 4.20. The second-order valence-corrected chi connectivity index (χ2v) is 8.02. The van der Waals surface area contributed by atoms with Gasteiger partial charge in [-0.2, -0.15) is 0 Å². The highest BCUT2D eigenvalue weighted by molar-refractivity contribution is 6.02. The van der Waals surface area contributed by atoms with Crippen molar-refractivity contribution in [1.82, 2.24) is 15.1 Å². The van der Waals surface area contributed by atoms with Crippen molar-refractivity contribution in [2.45, 2.75) is 38.4 Å². The molecule has 2 atom stereocenters. The Morgan fingerprint density at radius 1 is 1.19 bits per heavy atom. The van der Waals surface area contributed by atoms with Crippen molar-refractivity contribution in [1.29, 1.82) is 0 Å². The normalized spacial score (nSPS) is 21.1. The highest BCUT2D eigenvalue weighted by atomic mass is 19.1. The SMILES string of the molecule is Cc1cccc(NC(=O)CN2C(=O)N(Cc3ccc(F)cc3)C(=O)C3NCCCC32)c1. The molecule has 0 aliphatic carbocycles. The first-order valence-electron chi connectivity index (χ1n) is 10.4. The van der Waals surface area contributed by atoms with Crippen molar-refractivity contribution >= 4 is 23.5 Å². The van der Waals surface area contributed by atoms with Gasteiger partial charge in [0.2, 0.25) is 11.8 Å². The molecule has 0 radical (unpaired) electrons. The number of halogens is 1. The molecule has 2 aliphatic heterocycles. The highest BCUT2D eigenvalue weighted by Crippen LogP contribution is 2.26. The molecule has 2 fully saturated rings. The van der Waals surface area contributed by atoms with Crippen LogP contribution in [0.2, 0.25) is 0 Å². The van der Waals surface area contributed by atoms with E-state index in [1.165, 1.54) is 17.0 Å². The molecule has 2 heterocycles. The Balaban J connectivity index is 1.54. The van der Waals surface area contributed by atoms with Crippen LogP contribution in [0.3, 0.4) is 0 Å². The number of hydrogen-bond donors (Lipinski definition) is 2. The second-order valence-electron chi connectivity index (χ2n) is 8.02. The number of hydrogen-bond acceptors (Lipinski definition) is 4. The van der Waals surface area contributed by atoms with Gasteiger partial charge in [-0.15, -0.1) is 0 Å². The molecule has 2 aliphatic rings. The van der Waals surface area contributed by atoms with E-state index in [0.717, 1.165) is 16.9 Å². The van der Waals surface area contributed by atoms with Crippen molar-refractivity contribution < 1.29 is 18.8 Å². The van der Waals surface area contributed by atoms with Crippen molar-refractivity contribution in [3.8, 4) is 0 Å². The Morgan fingerprint density at radius 2 is 1.97 bits per heavy atom. The van der Waals surface area contributed by atoms with Gasteiger partial charge in [-0.05, 0) is 61.7 Å². The molecular weight excluding hydrogens is 399 g/mol. The summed E-state index contributed by atoms with van der Waals surface area (Å²) in [7, 11) is 0. The lowest BCUT2D eigenvalue weighted by atomic mass is 9.93. The van der Waals surface area contributed by atoms with Crippen LogP contribution in [0.1, 0.15) is 24.0 Å². The van der Waals surface area contributed by atoms with Gasteiger partial charge in [0.1, 0.15) is 18.4 Å². The maximum atomic E-state index is 13.3. The minimum atomic E-state index is -0.557. The summed E-state index contributed by atoms with van der Waals surface area (Å²) >= 11 is 0. The summed E-state index contributed by atoms with van der Waals surface area (Å²) < 4.78 is 13.2. The summed E-state index contributed by atoms with van der Waals surface area (Å²) in [6, 6.07) is 11.7. The fraction of sp³-hybridized carbons (Fsp3) is 0.348. The van der Waals surface area contributed by atoms with Gasteiger partial charge in [0.15, 0.2) is 0 Å². The average molecular weight is 424 g/mol. The van der Waals surface area contributed by atoms with Gasteiger partial charge in [0.05, 0.1) is 12.6 Å². The number of rotatable bonds is 5. The number of carbonyl (C=O) groups excluding carboxylic acids is 3. The molecule has 0 spiro atoms. The Hall–Kier alpha value is -3.26. The minimum Gasteiger partial charge on any atom is -0.325 e. The van der Waals surface area contributed by atoms with Gasteiger partial charge in [-0.25, -0.2) is 9.18 Å². The number of amides is 4. The zero-order chi connectivity index (χ0) is 22.0. The van der Waals surface area contributed by atoms with Crippen molar-refractivity contribution in [2.75, 3.05) is 18.4 Å². The number of carbonyl (C=O) groups is 3. The van der Waals surface area contributed by atoms with Gasteiger partial charge < -0.3 is 15.5 Å². The molecule has 7 nitrogen and oxygen atoms in total. The van der Waals surface area contributed by atoms with E-state index in [1.807, 2.05) is 25.1 Å². The summed E-state index contributed by atoms with van der Waals surface area (Å²) in [4.78, 5) is 41.6. The monoisotopic (exact) mass is 424 g/mol. The first kappa shape index (κ1) is 21.0. The number of benzene rings is 2. The third-order valence-corrected chi connectivity index (χ3v) is 5.70. The molecule has 0 bridgehead atoms. The van der Waals surface area contributed by atoms with E-state index in [2.05, 4.69) is 10.6 Å². The van der Waals surface area contributed by atoms with E-state index >= 15 is 0 Å². The van der Waals surface area contributed by atoms with Gasteiger partial charge in [-0.1, -0.05) is 24.3 Å². The van der Waals surface area contributed by atoms with Gasteiger partial charge in [0.25, 0.3) is 0 Å². The Labute approximate surface area is 180 Å². The smallest absolute Gasteiger partial charge is 0.325 e. The van der Waals surface area contributed by atoms with E-state index in [-0.39, 0.29) is 36.8 Å². The van der Waals surface area contributed by atoms with E-state index in [1.54, 1.807) is 18.2 Å². The molecule has 2 unspecified atom stereocenters. The zero-order valence-electron chi connectivity index (χ0n) is 17.3. The number of fused-ring (bicyclic) bond motifs is 1. The van der Waals surface area contributed by atoms with Crippen LogP contribution < -0.4 is 10.6 Å². The summed E-state index contributed by atoms with van der Waals surface area (Å²) in [6.45, 7) is 2.48. The molecule has 4 amide bonds. The van der Waals surface area contributed by atoms with Crippen LogP contribution in [-0.4, -0.2) is 52.8 Å². The number of anilines is 1.